The van der Waals surface area contributed by atoms with E-state index < -0.39 is 9.84 Å². The normalized spacial score (nSPS) is 21.6. The fourth-order valence-corrected chi connectivity index (χ4v) is 2.71. The van der Waals surface area contributed by atoms with Gasteiger partial charge in [-0.3, -0.25) is 4.98 Å². The van der Waals surface area contributed by atoms with Crippen LogP contribution < -0.4 is 5.32 Å². The molecular formula is C10H9N3O2S. The molecule has 0 spiro atoms. The lowest BCUT2D eigenvalue weighted by Gasteiger charge is -2.11. The molecule has 0 bridgehead atoms. The predicted octanol–water partition coefficient (Wildman–Crippen LogP) is 0.676. The minimum atomic E-state index is -3.08. The monoisotopic (exact) mass is 235 g/mol. The lowest BCUT2D eigenvalue weighted by molar-refractivity contribution is 0.605. The van der Waals surface area contributed by atoms with Crippen LogP contribution in [-0.4, -0.2) is 25.2 Å². The molecule has 2 heterocycles. The fourth-order valence-electron chi connectivity index (χ4n) is 1.47. The van der Waals surface area contributed by atoms with Crippen LogP contribution in [0.4, 0.5) is 5.69 Å². The first-order valence-electron chi connectivity index (χ1n) is 4.62. The van der Waals surface area contributed by atoms with E-state index in [1.165, 1.54) is 17.8 Å². The molecule has 1 aliphatic heterocycles. The van der Waals surface area contributed by atoms with Gasteiger partial charge in [-0.2, -0.15) is 5.26 Å². The summed E-state index contributed by atoms with van der Waals surface area (Å²) in [6.45, 7) is 0. The molecule has 1 aromatic rings. The number of rotatable bonds is 2. The van der Waals surface area contributed by atoms with Gasteiger partial charge in [0.15, 0.2) is 9.84 Å². The van der Waals surface area contributed by atoms with E-state index in [1.54, 1.807) is 12.1 Å². The average molecular weight is 235 g/mol. The number of pyridine rings is 1. The van der Waals surface area contributed by atoms with Crippen molar-refractivity contribution >= 4 is 15.5 Å². The first-order valence-corrected chi connectivity index (χ1v) is 6.34. The molecule has 0 aromatic carbocycles. The molecule has 0 saturated carbocycles. The summed E-state index contributed by atoms with van der Waals surface area (Å²) in [5, 5.41) is 13.0. The Morgan fingerprint density at radius 1 is 1.56 bits per heavy atom. The number of nitrogens with zero attached hydrogens (tertiary/aromatic N) is 2. The van der Waals surface area contributed by atoms with Gasteiger partial charge in [-0.15, -0.1) is 0 Å². The van der Waals surface area contributed by atoms with Gasteiger partial charge in [0, 0.05) is 11.6 Å². The van der Waals surface area contributed by atoms with Crippen LogP contribution in [0.3, 0.4) is 0 Å². The van der Waals surface area contributed by atoms with Crippen LogP contribution in [0, 0.1) is 11.3 Å². The Labute approximate surface area is 93.3 Å². The first-order chi connectivity index (χ1) is 7.61. The van der Waals surface area contributed by atoms with E-state index in [-0.39, 0.29) is 11.8 Å². The van der Waals surface area contributed by atoms with E-state index in [9.17, 15) is 8.42 Å². The zero-order valence-corrected chi connectivity index (χ0v) is 9.11. The molecule has 1 unspecified atom stereocenters. The SMILES string of the molecule is N#Cc1ccncc1NC1C=CS(=O)(=O)C1. The van der Waals surface area contributed by atoms with E-state index in [2.05, 4.69) is 10.3 Å². The van der Waals surface area contributed by atoms with Crippen LogP contribution in [-0.2, 0) is 9.84 Å². The Balaban J connectivity index is 2.18. The highest BCUT2D eigenvalue weighted by molar-refractivity contribution is 7.94. The largest absolute Gasteiger partial charge is 0.375 e. The predicted molar refractivity (Wildman–Crippen MR) is 59.3 cm³/mol. The summed E-state index contributed by atoms with van der Waals surface area (Å²) in [7, 11) is -3.08. The number of hydrogen-bond acceptors (Lipinski definition) is 5. The van der Waals surface area contributed by atoms with Gasteiger partial charge in [0.2, 0.25) is 0 Å². The summed E-state index contributed by atoms with van der Waals surface area (Å²) in [5.74, 6) is 0.0206. The molecule has 6 heteroatoms. The molecule has 0 fully saturated rings. The van der Waals surface area contributed by atoms with Crippen LogP contribution in [0.25, 0.3) is 0 Å². The molecule has 82 valence electrons. The summed E-state index contributed by atoms with van der Waals surface area (Å²) in [4.78, 5) is 3.88. The minimum absolute atomic E-state index is 0.0206. The molecule has 1 aromatic heterocycles. The van der Waals surface area contributed by atoms with Gasteiger partial charge in [0.1, 0.15) is 6.07 Å². The van der Waals surface area contributed by atoms with Crippen molar-refractivity contribution in [2.24, 2.45) is 0 Å². The molecular weight excluding hydrogens is 226 g/mol. The molecule has 1 atom stereocenters. The van der Waals surface area contributed by atoms with Gasteiger partial charge in [0.25, 0.3) is 0 Å². The van der Waals surface area contributed by atoms with Crippen molar-refractivity contribution in [1.82, 2.24) is 4.98 Å². The second-order valence-electron chi connectivity index (χ2n) is 3.44. The highest BCUT2D eigenvalue weighted by atomic mass is 32.2. The summed E-state index contributed by atoms with van der Waals surface area (Å²) < 4.78 is 22.4. The van der Waals surface area contributed by atoms with Crippen LogP contribution in [0.1, 0.15) is 5.56 Å². The Bertz CT molecular complexity index is 572. The molecule has 0 radical (unpaired) electrons. The molecule has 16 heavy (non-hydrogen) atoms. The van der Waals surface area contributed by atoms with Crippen molar-refractivity contribution in [3.05, 3.63) is 35.5 Å². The summed E-state index contributed by atoms with van der Waals surface area (Å²) >= 11 is 0. The van der Waals surface area contributed by atoms with Crippen molar-refractivity contribution in [1.29, 1.82) is 5.26 Å². The second-order valence-corrected chi connectivity index (χ2v) is 5.37. The highest BCUT2D eigenvalue weighted by Gasteiger charge is 2.21. The third-order valence-corrected chi connectivity index (χ3v) is 3.61. The Hall–Kier alpha value is -1.87. The van der Waals surface area contributed by atoms with Crippen LogP contribution >= 0.6 is 0 Å². The number of nitrogens with one attached hydrogen (secondary N) is 1. The molecule has 2 rings (SSSR count). The molecule has 1 N–H and O–H groups in total. The number of hydrogen-bond donors (Lipinski definition) is 1. The average Bonchev–Trinajstić information content (AvgIpc) is 2.59. The molecule has 0 saturated heterocycles. The van der Waals surface area contributed by atoms with Gasteiger partial charge in [-0.05, 0) is 6.07 Å². The van der Waals surface area contributed by atoms with Crippen molar-refractivity contribution in [2.45, 2.75) is 6.04 Å². The molecule has 0 aliphatic carbocycles. The maximum absolute atomic E-state index is 11.2. The fraction of sp³-hybridized carbons (Fsp3) is 0.200. The zero-order valence-electron chi connectivity index (χ0n) is 8.29. The van der Waals surface area contributed by atoms with Crippen molar-refractivity contribution in [3.8, 4) is 6.07 Å². The number of nitriles is 1. The third-order valence-electron chi connectivity index (χ3n) is 2.21. The molecule has 0 amide bonds. The Morgan fingerprint density at radius 3 is 3.00 bits per heavy atom. The van der Waals surface area contributed by atoms with E-state index in [0.29, 0.717) is 11.3 Å². The maximum atomic E-state index is 11.2. The number of aromatic nitrogens is 1. The topological polar surface area (TPSA) is 82.8 Å². The Morgan fingerprint density at radius 2 is 2.38 bits per heavy atom. The number of anilines is 1. The summed E-state index contributed by atoms with van der Waals surface area (Å²) in [6.07, 6.45) is 4.60. The number of sulfone groups is 1. The highest BCUT2D eigenvalue weighted by Crippen LogP contribution is 2.17. The lowest BCUT2D eigenvalue weighted by Crippen LogP contribution is -2.21. The van der Waals surface area contributed by atoms with E-state index in [1.807, 2.05) is 6.07 Å². The Kier molecular flexibility index (Phi) is 2.62. The van der Waals surface area contributed by atoms with Gasteiger partial charge < -0.3 is 5.32 Å². The zero-order chi connectivity index (χ0) is 11.6. The molecule has 5 nitrogen and oxygen atoms in total. The second kappa shape index (κ2) is 3.94. The standard InChI is InChI=1S/C10H9N3O2S/c11-5-8-1-3-12-6-10(8)13-9-2-4-16(14,15)7-9/h1-4,6,9,13H,7H2. The summed E-state index contributed by atoms with van der Waals surface area (Å²) in [6, 6.07) is 3.30. The lowest BCUT2D eigenvalue weighted by atomic mass is 10.2. The van der Waals surface area contributed by atoms with Crippen molar-refractivity contribution in [3.63, 3.8) is 0 Å². The quantitative estimate of drug-likeness (QED) is 0.814. The first kappa shape index (κ1) is 10.6. The van der Waals surface area contributed by atoms with Crippen molar-refractivity contribution < 1.29 is 8.42 Å². The van der Waals surface area contributed by atoms with Crippen LogP contribution in [0.5, 0.6) is 0 Å². The van der Waals surface area contributed by atoms with Gasteiger partial charge in [-0.1, -0.05) is 6.08 Å². The molecule has 1 aliphatic rings. The smallest absolute Gasteiger partial charge is 0.173 e. The summed E-state index contributed by atoms with van der Waals surface area (Å²) in [5.41, 5.74) is 1.00. The van der Waals surface area contributed by atoms with E-state index >= 15 is 0 Å². The van der Waals surface area contributed by atoms with Gasteiger partial charge in [-0.25, -0.2) is 8.42 Å². The van der Waals surface area contributed by atoms with Crippen LogP contribution in [0.2, 0.25) is 0 Å². The van der Waals surface area contributed by atoms with Gasteiger partial charge >= 0.3 is 0 Å². The minimum Gasteiger partial charge on any atom is -0.375 e. The van der Waals surface area contributed by atoms with Gasteiger partial charge in [0.05, 0.1) is 29.2 Å². The third kappa shape index (κ3) is 2.20. The van der Waals surface area contributed by atoms with Crippen LogP contribution in [0.15, 0.2) is 29.9 Å². The van der Waals surface area contributed by atoms with Crippen molar-refractivity contribution in [2.75, 3.05) is 11.1 Å². The van der Waals surface area contributed by atoms with E-state index in [4.69, 9.17) is 5.26 Å². The van der Waals surface area contributed by atoms with E-state index in [0.717, 1.165) is 0 Å². The maximum Gasteiger partial charge on any atom is 0.173 e.